The van der Waals surface area contributed by atoms with Crippen LogP contribution in [0, 0.1) is 17.8 Å². The van der Waals surface area contributed by atoms with Crippen molar-refractivity contribution in [3.05, 3.63) is 30.0 Å². The van der Waals surface area contributed by atoms with Gasteiger partial charge >= 0.3 is 5.97 Å². The van der Waals surface area contributed by atoms with Crippen LogP contribution in [-0.2, 0) is 4.79 Å². The highest BCUT2D eigenvalue weighted by Crippen LogP contribution is 2.42. The summed E-state index contributed by atoms with van der Waals surface area (Å²) in [6.45, 7) is 0.794. The van der Waals surface area contributed by atoms with Crippen LogP contribution in [0.2, 0.25) is 0 Å². The molecule has 27 heavy (non-hydrogen) atoms. The molecule has 4 rings (SSSR count). The van der Waals surface area contributed by atoms with Crippen molar-refractivity contribution in [1.82, 2.24) is 19.3 Å². The molecular weight excluding hydrogens is 358 g/mol. The number of likely N-dealkylation sites (tertiary alicyclic amines) is 1. The molecule has 2 aliphatic rings. The van der Waals surface area contributed by atoms with E-state index in [2.05, 4.69) is 9.97 Å². The van der Waals surface area contributed by atoms with Crippen molar-refractivity contribution in [3.63, 3.8) is 0 Å². The fourth-order valence-corrected chi connectivity index (χ4v) is 4.69. The molecule has 2 fully saturated rings. The minimum Gasteiger partial charge on any atom is -0.481 e. The number of halogens is 2. The number of hydrogen-bond acceptors (Lipinski definition) is 4. The first kappa shape index (κ1) is 17.8. The Kier molecular flexibility index (Phi) is 4.53. The van der Waals surface area contributed by atoms with Crippen LogP contribution in [0.3, 0.4) is 0 Å². The standard InChI is InChI=1S/C18H20F2N4O3/c19-17(20)15-16(24-5-4-21-7-13(24)22-15)18(27)23-8-10-2-1-3-11(9-23)12(10)6-14(25)26/h4-5,7,10-12,17H,1-3,6,8-9H2,(H,25,26). The Labute approximate surface area is 154 Å². The number of aromatic nitrogens is 3. The lowest BCUT2D eigenvalue weighted by Crippen LogP contribution is -2.51. The van der Waals surface area contributed by atoms with Crippen LogP contribution in [0.15, 0.2) is 18.6 Å². The van der Waals surface area contributed by atoms with E-state index in [1.54, 1.807) is 4.90 Å². The van der Waals surface area contributed by atoms with Crippen molar-refractivity contribution in [2.75, 3.05) is 13.1 Å². The van der Waals surface area contributed by atoms with Crippen molar-refractivity contribution < 1.29 is 23.5 Å². The number of alkyl halides is 2. The Balaban J connectivity index is 1.66. The van der Waals surface area contributed by atoms with Crippen molar-refractivity contribution in [2.45, 2.75) is 32.1 Å². The summed E-state index contributed by atoms with van der Waals surface area (Å²) in [6, 6.07) is 0. The predicted molar refractivity (Wildman–Crippen MR) is 90.4 cm³/mol. The van der Waals surface area contributed by atoms with E-state index in [1.807, 2.05) is 0 Å². The number of carbonyl (C=O) groups excluding carboxylic acids is 1. The van der Waals surface area contributed by atoms with Gasteiger partial charge in [-0.3, -0.25) is 19.0 Å². The highest BCUT2D eigenvalue weighted by atomic mass is 19.3. The first-order valence-corrected chi connectivity index (χ1v) is 9.07. The SMILES string of the molecule is O=C(O)CC1C2CCCC1CN(C(=O)c1c(C(F)F)nc3cnccn13)C2. The second-order valence-corrected chi connectivity index (χ2v) is 7.37. The van der Waals surface area contributed by atoms with Crippen LogP contribution in [0.5, 0.6) is 0 Å². The molecule has 2 atom stereocenters. The Morgan fingerprint density at radius 3 is 2.59 bits per heavy atom. The second kappa shape index (κ2) is 6.86. The molecule has 0 spiro atoms. The van der Waals surface area contributed by atoms with E-state index in [-0.39, 0.29) is 35.5 Å². The highest BCUT2D eigenvalue weighted by Gasteiger charge is 2.42. The highest BCUT2D eigenvalue weighted by molar-refractivity contribution is 5.95. The zero-order valence-electron chi connectivity index (χ0n) is 14.6. The fraction of sp³-hybridized carbons (Fsp3) is 0.556. The van der Waals surface area contributed by atoms with Crippen molar-refractivity contribution in [2.24, 2.45) is 17.8 Å². The summed E-state index contributed by atoms with van der Waals surface area (Å²) in [6.07, 6.45) is 4.18. The molecule has 3 heterocycles. The van der Waals surface area contributed by atoms with Gasteiger partial charge in [-0.2, -0.15) is 0 Å². The van der Waals surface area contributed by atoms with Crippen LogP contribution in [0.1, 0.15) is 48.3 Å². The van der Waals surface area contributed by atoms with Gasteiger partial charge in [0.25, 0.3) is 12.3 Å². The fourth-order valence-electron chi connectivity index (χ4n) is 4.69. The summed E-state index contributed by atoms with van der Waals surface area (Å²) in [7, 11) is 0. The lowest BCUT2D eigenvalue weighted by molar-refractivity contribution is -0.140. The Morgan fingerprint density at radius 2 is 1.96 bits per heavy atom. The van der Waals surface area contributed by atoms with Crippen LogP contribution in [0.25, 0.3) is 5.65 Å². The molecule has 1 aliphatic carbocycles. The number of rotatable bonds is 4. The van der Waals surface area contributed by atoms with Gasteiger partial charge in [0.05, 0.1) is 6.20 Å². The van der Waals surface area contributed by atoms with E-state index in [0.29, 0.717) is 13.1 Å². The summed E-state index contributed by atoms with van der Waals surface area (Å²) in [5.74, 6) is -1.08. The van der Waals surface area contributed by atoms with E-state index in [9.17, 15) is 23.5 Å². The maximum atomic E-state index is 13.5. The molecule has 2 bridgehead atoms. The molecular formula is C18H20F2N4O3. The topological polar surface area (TPSA) is 87.8 Å². The van der Waals surface area contributed by atoms with Gasteiger partial charge < -0.3 is 10.0 Å². The summed E-state index contributed by atoms with van der Waals surface area (Å²) >= 11 is 0. The van der Waals surface area contributed by atoms with E-state index in [0.717, 1.165) is 19.3 Å². The average Bonchev–Trinajstić information content (AvgIpc) is 3.00. The minimum atomic E-state index is -2.87. The number of hydrogen-bond donors (Lipinski definition) is 1. The van der Waals surface area contributed by atoms with Gasteiger partial charge in [0.2, 0.25) is 0 Å². The zero-order valence-corrected chi connectivity index (χ0v) is 14.6. The molecule has 1 saturated heterocycles. The molecule has 0 radical (unpaired) electrons. The first-order valence-electron chi connectivity index (χ1n) is 9.07. The third-order valence-electron chi connectivity index (χ3n) is 5.83. The molecule has 9 heteroatoms. The Hall–Kier alpha value is -2.58. The molecule has 7 nitrogen and oxygen atoms in total. The molecule has 1 saturated carbocycles. The number of piperidine rings is 1. The largest absolute Gasteiger partial charge is 0.481 e. The smallest absolute Gasteiger partial charge is 0.303 e. The van der Waals surface area contributed by atoms with Crippen molar-refractivity contribution in [1.29, 1.82) is 0 Å². The van der Waals surface area contributed by atoms with E-state index in [1.165, 1.54) is 23.0 Å². The lowest BCUT2D eigenvalue weighted by Gasteiger charge is -2.47. The second-order valence-electron chi connectivity index (χ2n) is 7.37. The summed E-state index contributed by atoms with van der Waals surface area (Å²) in [5.41, 5.74) is -0.458. The molecule has 2 aromatic rings. The normalized spacial score (nSPS) is 25.1. The first-order chi connectivity index (χ1) is 13.0. The molecule has 1 N–H and O–H groups in total. The lowest BCUT2D eigenvalue weighted by atomic mass is 9.67. The Bertz CT molecular complexity index is 871. The maximum Gasteiger partial charge on any atom is 0.303 e. The number of carbonyl (C=O) groups is 2. The van der Waals surface area contributed by atoms with E-state index in [4.69, 9.17) is 0 Å². The molecule has 144 valence electrons. The number of fused-ring (bicyclic) bond motifs is 3. The van der Waals surface area contributed by atoms with Gasteiger partial charge in [-0.25, -0.2) is 13.8 Å². The van der Waals surface area contributed by atoms with Crippen molar-refractivity contribution in [3.8, 4) is 0 Å². The minimum absolute atomic E-state index is 0.0428. The molecule has 2 unspecified atom stereocenters. The summed E-state index contributed by atoms with van der Waals surface area (Å²) in [5, 5.41) is 9.18. The van der Waals surface area contributed by atoms with Gasteiger partial charge in [0.15, 0.2) is 5.65 Å². The van der Waals surface area contributed by atoms with Crippen molar-refractivity contribution >= 4 is 17.5 Å². The van der Waals surface area contributed by atoms with Gasteiger partial charge in [-0.15, -0.1) is 0 Å². The monoisotopic (exact) mass is 378 g/mol. The molecule has 1 aliphatic heterocycles. The summed E-state index contributed by atoms with van der Waals surface area (Å²) < 4.78 is 28.4. The van der Waals surface area contributed by atoms with Gasteiger partial charge in [-0.05, 0) is 30.6 Å². The van der Waals surface area contributed by atoms with Gasteiger partial charge in [0.1, 0.15) is 11.4 Å². The van der Waals surface area contributed by atoms with Crippen LogP contribution in [-0.4, -0.2) is 49.3 Å². The Morgan fingerprint density at radius 1 is 1.26 bits per heavy atom. The molecule has 1 amide bonds. The number of imidazole rings is 1. The number of aliphatic carboxylic acids is 1. The quantitative estimate of drug-likeness (QED) is 0.884. The maximum absolute atomic E-state index is 13.5. The van der Waals surface area contributed by atoms with Gasteiger partial charge in [0, 0.05) is 31.9 Å². The number of amides is 1. The van der Waals surface area contributed by atoms with E-state index >= 15 is 0 Å². The molecule has 0 aromatic carbocycles. The third-order valence-corrected chi connectivity index (χ3v) is 5.83. The summed E-state index contributed by atoms with van der Waals surface area (Å²) in [4.78, 5) is 33.7. The van der Waals surface area contributed by atoms with Crippen LogP contribution in [0.4, 0.5) is 8.78 Å². The van der Waals surface area contributed by atoms with Crippen LogP contribution >= 0.6 is 0 Å². The van der Waals surface area contributed by atoms with Crippen LogP contribution < -0.4 is 0 Å². The average molecular weight is 378 g/mol. The number of nitrogens with zero attached hydrogens (tertiary/aromatic N) is 4. The van der Waals surface area contributed by atoms with Gasteiger partial charge in [-0.1, -0.05) is 6.42 Å². The predicted octanol–water partition coefficient (Wildman–Crippen LogP) is 2.63. The van der Waals surface area contributed by atoms with E-state index < -0.39 is 24.0 Å². The number of carboxylic acid groups (broad SMARTS) is 1. The zero-order chi connectivity index (χ0) is 19.1. The number of carboxylic acids is 1. The molecule has 2 aromatic heterocycles. The third kappa shape index (κ3) is 3.15.